The zero-order chi connectivity index (χ0) is 17.2. The number of rotatable bonds is 4. The van der Waals surface area contributed by atoms with Crippen LogP contribution in [0.2, 0.25) is 0 Å². The fraction of sp³-hybridized carbons (Fsp3) is 0.333. The van der Waals surface area contributed by atoms with Crippen molar-refractivity contribution in [2.75, 3.05) is 38.2 Å². The highest BCUT2D eigenvalue weighted by Gasteiger charge is 2.21. The number of benzene rings is 1. The van der Waals surface area contributed by atoms with Crippen LogP contribution in [0.25, 0.3) is 10.2 Å². The first-order chi connectivity index (χ1) is 12.2. The molecule has 3 aromatic rings. The van der Waals surface area contributed by atoms with E-state index in [0.717, 1.165) is 53.5 Å². The van der Waals surface area contributed by atoms with Crippen LogP contribution in [0.15, 0.2) is 36.0 Å². The van der Waals surface area contributed by atoms with Crippen LogP contribution in [0, 0.1) is 5.82 Å². The second kappa shape index (κ2) is 6.93. The van der Waals surface area contributed by atoms with Crippen LogP contribution in [-0.4, -0.2) is 48.2 Å². The molecular weight excluding hydrogens is 339 g/mol. The van der Waals surface area contributed by atoms with E-state index < -0.39 is 0 Å². The zero-order valence-corrected chi connectivity index (χ0v) is 14.8. The minimum Gasteiger partial charge on any atom is -0.496 e. The fourth-order valence-corrected chi connectivity index (χ4v) is 3.99. The maximum atomic E-state index is 13.5. The predicted octanol–water partition coefficient (Wildman–Crippen LogP) is 3.16. The lowest BCUT2D eigenvalue weighted by Crippen LogP contribution is -2.46. The molecule has 1 aromatic carbocycles. The van der Waals surface area contributed by atoms with E-state index in [1.807, 2.05) is 0 Å². The number of thiophene rings is 1. The number of nitrogens with zero attached hydrogens (tertiary/aromatic N) is 4. The molecule has 1 aliphatic heterocycles. The number of ether oxygens (including phenoxy) is 1. The number of methoxy groups -OCH3 is 1. The Balaban J connectivity index is 1.45. The van der Waals surface area contributed by atoms with Crippen molar-refractivity contribution in [2.45, 2.75) is 6.54 Å². The molecule has 0 N–H and O–H groups in total. The van der Waals surface area contributed by atoms with Crippen LogP contribution >= 0.6 is 11.3 Å². The smallest absolute Gasteiger partial charge is 0.140 e. The van der Waals surface area contributed by atoms with Crippen molar-refractivity contribution in [3.8, 4) is 5.75 Å². The van der Waals surface area contributed by atoms with Gasteiger partial charge in [0, 0.05) is 38.3 Å². The van der Waals surface area contributed by atoms with Gasteiger partial charge in [0.25, 0.3) is 0 Å². The van der Waals surface area contributed by atoms with Gasteiger partial charge in [0.15, 0.2) is 0 Å². The average molecular weight is 358 g/mol. The Kier molecular flexibility index (Phi) is 4.50. The number of anilines is 1. The van der Waals surface area contributed by atoms with Gasteiger partial charge in [-0.3, -0.25) is 4.90 Å². The van der Waals surface area contributed by atoms with E-state index in [1.54, 1.807) is 36.9 Å². The van der Waals surface area contributed by atoms with Gasteiger partial charge in [-0.2, -0.15) is 0 Å². The van der Waals surface area contributed by atoms with Gasteiger partial charge in [-0.25, -0.2) is 14.4 Å². The molecule has 1 aliphatic rings. The molecule has 0 amide bonds. The van der Waals surface area contributed by atoms with Crippen molar-refractivity contribution in [3.63, 3.8) is 0 Å². The maximum absolute atomic E-state index is 13.5. The first-order valence-electron chi connectivity index (χ1n) is 8.22. The van der Waals surface area contributed by atoms with Crippen LogP contribution in [0.4, 0.5) is 10.2 Å². The molecular formula is C18H19FN4OS. The van der Waals surface area contributed by atoms with E-state index in [0.29, 0.717) is 6.54 Å². The summed E-state index contributed by atoms with van der Waals surface area (Å²) in [5.74, 6) is 1.52. The van der Waals surface area contributed by atoms with Gasteiger partial charge in [0.1, 0.15) is 28.5 Å². The Labute approximate surface area is 149 Å². The van der Waals surface area contributed by atoms with E-state index in [-0.39, 0.29) is 5.82 Å². The van der Waals surface area contributed by atoms with Gasteiger partial charge in [0.2, 0.25) is 0 Å². The Morgan fingerprint density at radius 2 is 2.00 bits per heavy atom. The van der Waals surface area contributed by atoms with Crippen LogP contribution in [0.5, 0.6) is 5.75 Å². The topological polar surface area (TPSA) is 41.5 Å². The van der Waals surface area contributed by atoms with Crippen molar-refractivity contribution >= 4 is 27.4 Å². The normalized spacial score (nSPS) is 15.7. The van der Waals surface area contributed by atoms with Crippen LogP contribution in [-0.2, 0) is 6.54 Å². The van der Waals surface area contributed by atoms with Crippen molar-refractivity contribution < 1.29 is 9.13 Å². The Morgan fingerprint density at radius 1 is 1.16 bits per heavy atom. The van der Waals surface area contributed by atoms with Gasteiger partial charge in [-0.05, 0) is 29.6 Å². The quantitative estimate of drug-likeness (QED) is 0.717. The van der Waals surface area contributed by atoms with E-state index >= 15 is 0 Å². The van der Waals surface area contributed by atoms with Gasteiger partial charge < -0.3 is 9.64 Å². The minimum atomic E-state index is -0.227. The van der Waals surface area contributed by atoms with Gasteiger partial charge in [0.05, 0.1) is 12.5 Å². The molecule has 1 fully saturated rings. The third kappa shape index (κ3) is 3.29. The molecule has 1 saturated heterocycles. The predicted molar refractivity (Wildman–Crippen MR) is 97.9 cm³/mol. The van der Waals surface area contributed by atoms with Crippen LogP contribution < -0.4 is 9.64 Å². The Morgan fingerprint density at radius 3 is 2.80 bits per heavy atom. The Hall–Kier alpha value is -2.25. The molecule has 0 unspecified atom stereocenters. The fourth-order valence-electron chi connectivity index (χ4n) is 3.26. The summed E-state index contributed by atoms with van der Waals surface area (Å²) in [4.78, 5) is 14.4. The van der Waals surface area contributed by atoms with E-state index in [4.69, 9.17) is 4.74 Å². The third-order valence-electron chi connectivity index (χ3n) is 4.55. The zero-order valence-electron chi connectivity index (χ0n) is 14.0. The lowest BCUT2D eigenvalue weighted by Gasteiger charge is -2.35. The van der Waals surface area contributed by atoms with E-state index in [2.05, 4.69) is 31.2 Å². The van der Waals surface area contributed by atoms with Crippen molar-refractivity contribution in [3.05, 3.63) is 47.4 Å². The number of aromatic nitrogens is 2. The van der Waals surface area contributed by atoms with Crippen LogP contribution in [0.1, 0.15) is 5.56 Å². The summed E-state index contributed by atoms with van der Waals surface area (Å²) in [5, 5.41) is 3.17. The summed E-state index contributed by atoms with van der Waals surface area (Å²) in [6.45, 7) is 4.26. The second-order valence-corrected chi connectivity index (χ2v) is 6.95. The minimum absolute atomic E-state index is 0.227. The molecule has 2 aromatic heterocycles. The summed E-state index contributed by atoms with van der Waals surface area (Å²) in [6, 6.07) is 6.76. The monoisotopic (exact) mass is 358 g/mol. The molecule has 0 bridgehead atoms. The number of hydrogen-bond donors (Lipinski definition) is 0. The molecule has 0 saturated carbocycles. The SMILES string of the molecule is COc1ccc(F)cc1CN1CCN(c2ncnc3sccc23)CC1. The lowest BCUT2D eigenvalue weighted by molar-refractivity contribution is 0.245. The first-order valence-corrected chi connectivity index (χ1v) is 9.10. The first kappa shape index (κ1) is 16.2. The molecule has 4 rings (SSSR count). The maximum Gasteiger partial charge on any atom is 0.140 e. The van der Waals surface area contributed by atoms with E-state index in [9.17, 15) is 4.39 Å². The highest BCUT2D eigenvalue weighted by atomic mass is 32.1. The highest BCUT2D eigenvalue weighted by Crippen LogP contribution is 2.28. The number of piperazine rings is 1. The van der Waals surface area contributed by atoms with Crippen LogP contribution in [0.3, 0.4) is 0 Å². The molecule has 5 nitrogen and oxygen atoms in total. The van der Waals surface area contributed by atoms with Gasteiger partial charge >= 0.3 is 0 Å². The highest BCUT2D eigenvalue weighted by molar-refractivity contribution is 7.16. The van der Waals surface area contributed by atoms with Crippen molar-refractivity contribution in [1.82, 2.24) is 14.9 Å². The van der Waals surface area contributed by atoms with Gasteiger partial charge in [-0.15, -0.1) is 11.3 Å². The van der Waals surface area contributed by atoms with Crippen molar-refractivity contribution in [1.29, 1.82) is 0 Å². The standard InChI is InChI=1S/C18H19FN4OS/c1-24-16-3-2-14(19)10-13(16)11-22-5-7-23(8-6-22)17-15-4-9-25-18(15)21-12-20-17/h2-4,9-10,12H,5-8,11H2,1H3. The molecule has 0 aliphatic carbocycles. The third-order valence-corrected chi connectivity index (χ3v) is 5.37. The summed E-state index contributed by atoms with van der Waals surface area (Å²) < 4.78 is 18.9. The summed E-state index contributed by atoms with van der Waals surface area (Å²) in [5.41, 5.74) is 0.887. The number of hydrogen-bond acceptors (Lipinski definition) is 6. The number of halogens is 1. The molecule has 130 valence electrons. The molecule has 0 atom stereocenters. The molecule has 0 spiro atoms. The largest absolute Gasteiger partial charge is 0.496 e. The number of fused-ring (bicyclic) bond motifs is 1. The molecule has 3 heterocycles. The Bertz CT molecular complexity index is 876. The molecule has 0 radical (unpaired) electrons. The summed E-state index contributed by atoms with van der Waals surface area (Å²) >= 11 is 1.64. The summed E-state index contributed by atoms with van der Waals surface area (Å²) in [7, 11) is 1.62. The van der Waals surface area contributed by atoms with Gasteiger partial charge in [-0.1, -0.05) is 0 Å². The second-order valence-electron chi connectivity index (χ2n) is 6.06. The average Bonchev–Trinajstić information content (AvgIpc) is 3.11. The molecule has 25 heavy (non-hydrogen) atoms. The molecule has 7 heteroatoms. The summed E-state index contributed by atoms with van der Waals surface area (Å²) in [6.07, 6.45) is 1.64. The lowest BCUT2D eigenvalue weighted by atomic mass is 10.1. The van der Waals surface area contributed by atoms with E-state index in [1.165, 1.54) is 6.07 Å². The van der Waals surface area contributed by atoms with Crippen molar-refractivity contribution in [2.24, 2.45) is 0 Å².